The Morgan fingerprint density at radius 1 is 0.941 bits per heavy atom. The number of nitrogens with zero attached hydrogens (tertiary/aromatic N) is 2. The SMILES string of the molecule is Clc1nc2c[c]ccc2nc1-c1ccccc1. The van der Waals surface area contributed by atoms with Crippen LogP contribution < -0.4 is 0 Å². The molecule has 0 bridgehead atoms. The van der Waals surface area contributed by atoms with Crippen molar-refractivity contribution in [1.29, 1.82) is 0 Å². The number of benzene rings is 2. The molecular weight excluding hydrogens is 232 g/mol. The molecule has 0 spiro atoms. The van der Waals surface area contributed by atoms with Crippen LogP contribution in [0.4, 0.5) is 0 Å². The highest BCUT2D eigenvalue weighted by atomic mass is 35.5. The number of hydrogen-bond acceptors (Lipinski definition) is 2. The van der Waals surface area contributed by atoms with E-state index in [-0.39, 0.29) is 0 Å². The molecule has 2 nitrogen and oxygen atoms in total. The predicted octanol–water partition coefficient (Wildman–Crippen LogP) is 3.75. The quantitative estimate of drug-likeness (QED) is 0.646. The maximum atomic E-state index is 6.15. The van der Waals surface area contributed by atoms with Crippen LogP contribution in [-0.4, -0.2) is 9.97 Å². The van der Waals surface area contributed by atoms with Gasteiger partial charge < -0.3 is 0 Å². The van der Waals surface area contributed by atoms with E-state index in [2.05, 4.69) is 16.0 Å². The molecule has 0 amide bonds. The minimum absolute atomic E-state index is 0.420. The van der Waals surface area contributed by atoms with Gasteiger partial charge in [-0.2, -0.15) is 0 Å². The van der Waals surface area contributed by atoms with Gasteiger partial charge in [0, 0.05) is 5.56 Å². The Bertz CT molecular complexity index is 665. The van der Waals surface area contributed by atoms with Crippen LogP contribution in [0.5, 0.6) is 0 Å². The maximum absolute atomic E-state index is 6.15. The van der Waals surface area contributed by atoms with Crippen LogP contribution >= 0.6 is 11.6 Å². The van der Waals surface area contributed by atoms with E-state index in [0.717, 1.165) is 16.6 Å². The number of hydrogen-bond donors (Lipinski definition) is 0. The molecule has 3 heteroatoms. The molecule has 0 saturated carbocycles. The molecule has 0 saturated heterocycles. The van der Waals surface area contributed by atoms with Gasteiger partial charge in [0.15, 0.2) is 5.15 Å². The number of aromatic nitrogens is 2. The van der Waals surface area contributed by atoms with E-state index < -0.39 is 0 Å². The molecule has 2 aromatic carbocycles. The van der Waals surface area contributed by atoms with Crippen molar-refractivity contribution < 1.29 is 0 Å². The first-order valence-corrected chi connectivity index (χ1v) is 5.61. The minimum Gasteiger partial charge on any atom is -0.243 e. The summed E-state index contributed by atoms with van der Waals surface area (Å²) in [6.07, 6.45) is 0. The van der Waals surface area contributed by atoms with Crippen molar-refractivity contribution >= 4 is 22.6 Å². The van der Waals surface area contributed by atoms with E-state index in [4.69, 9.17) is 11.6 Å². The second-order valence-corrected chi connectivity index (χ2v) is 4.00. The molecule has 1 radical (unpaired) electrons. The van der Waals surface area contributed by atoms with Gasteiger partial charge in [-0.25, -0.2) is 9.97 Å². The van der Waals surface area contributed by atoms with Gasteiger partial charge in [-0.1, -0.05) is 48.0 Å². The Balaban J connectivity index is 2.27. The first-order valence-electron chi connectivity index (χ1n) is 5.23. The second kappa shape index (κ2) is 4.15. The molecule has 17 heavy (non-hydrogen) atoms. The lowest BCUT2D eigenvalue weighted by molar-refractivity contribution is 1.29. The standard InChI is InChI=1S/C14H8ClN2/c15-14-13(10-6-2-1-3-7-10)16-11-8-4-5-9-12(11)17-14/h1-4,6-9H. The van der Waals surface area contributed by atoms with Gasteiger partial charge in [-0.3, -0.25) is 0 Å². The second-order valence-electron chi connectivity index (χ2n) is 3.64. The van der Waals surface area contributed by atoms with Crippen LogP contribution in [-0.2, 0) is 0 Å². The third-order valence-corrected chi connectivity index (χ3v) is 2.78. The summed E-state index contributed by atoms with van der Waals surface area (Å²) in [5.41, 5.74) is 3.27. The fourth-order valence-electron chi connectivity index (χ4n) is 1.70. The Morgan fingerprint density at radius 2 is 1.76 bits per heavy atom. The van der Waals surface area contributed by atoms with Crippen LogP contribution in [0.25, 0.3) is 22.3 Å². The van der Waals surface area contributed by atoms with Crippen molar-refractivity contribution in [3.63, 3.8) is 0 Å². The summed E-state index contributed by atoms with van der Waals surface area (Å²) in [5, 5.41) is 0.420. The summed E-state index contributed by atoms with van der Waals surface area (Å²) in [6.45, 7) is 0. The summed E-state index contributed by atoms with van der Waals surface area (Å²) < 4.78 is 0. The molecule has 1 aromatic heterocycles. The fraction of sp³-hybridized carbons (Fsp3) is 0. The lowest BCUT2D eigenvalue weighted by atomic mass is 10.1. The van der Waals surface area contributed by atoms with Gasteiger partial charge in [-0.15, -0.1) is 0 Å². The molecule has 3 rings (SSSR count). The largest absolute Gasteiger partial charge is 0.243 e. The molecule has 0 fully saturated rings. The van der Waals surface area contributed by atoms with Crippen molar-refractivity contribution in [1.82, 2.24) is 9.97 Å². The Morgan fingerprint density at radius 3 is 2.59 bits per heavy atom. The monoisotopic (exact) mass is 239 g/mol. The number of halogens is 1. The summed E-state index contributed by atoms with van der Waals surface area (Å²) in [4.78, 5) is 8.85. The van der Waals surface area contributed by atoms with Gasteiger partial charge in [0.1, 0.15) is 5.69 Å². The maximum Gasteiger partial charge on any atom is 0.156 e. The van der Waals surface area contributed by atoms with Gasteiger partial charge in [0.25, 0.3) is 0 Å². The zero-order chi connectivity index (χ0) is 11.7. The van der Waals surface area contributed by atoms with Crippen molar-refractivity contribution in [2.75, 3.05) is 0 Å². The van der Waals surface area contributed by atoms with Crippen molar-refractivity contribution in [3.05, 3.63) is 59.8 Å². The number of fused-ring (bicyclic) bond motifs is 1. The van der Waals surface area contributed by atoms with Crippen LogP contribution in [0.1, 0.15) is 0 Å². The molecule has 0 unspecified atom stereocenters. The van der Waals surface area contributed by atoms with Crippen LogP contribution in [0, 0.1) is 6.07 Å². The highest BCUT2D eigenvalue weighted by Gasteiger charge is 2.08. The van der Waals surface area contributed by atoms with Gasteiger partial charge >= 0.3 is 0 Å². The summed E-state index contributed by atoms with van der Waals surface area (Å²) in [6, 6.07) is 18.2. The van der Waals surface area contributed by atoms with E-state index in [0.29, 0.717) is 10.8 Å². The Labute approximate surface area is 104 Å². The third-order valence-electron chi connectivity index (χ3n) is 2.51. The van der Waals surface area contributed by atoms with E-state index >= 15 is 0 Å². The van der Waals surface area contributed by atoms with Crippen LogP contribution in [0.15, 0.2) is 48.5 Å². The van der Waals surface area contributed by atoms with E-state index in [1.165, 1.54) is 0 Å². The molecule has 0 aliphatic heterocycles. The first-order chi connectivity index (χ1) is 8.34. The summed E-state index contributed by atoms with van der Waals surface area (Å²) in [7, 11) is 0. The van der Waals surface area contributed by atoms with Gasteiger partial charge in [0.05, 0.1) is 11.0 Å². The first kappa shape index (κ1) is 10.2. The minimum atomic E-state index is 0.420. The highest BCUT2D eigenvalue weighted by molar-refractivity contribution is 6.32. The molecule has 0 N–H and O–H groups in total. The smallest absolute Gasteiger partial charge is 0.156 e. The lowest BCUT2D eigenvalue weighted by Crippen LogP contribution is -1.90. The molecule has 0 atom stereocenters. The molecule has 0 aliphatic carbocycles. The predicted molar refractivity (Wildman–Crippen MR) is 68.8 cm³/mol. The molecule has 3 aromatic rings. The summed E-state index contributed by atoms with van der Waals surface area (Å²) >= 11 is 6.15. The average molecular weight is 240 g/mol. The highest BCUT2D eigenvalue weighted by Crippen LogP contribution is 2.26. The van der Waals surface area contributed by atoms with E-state index in [9.17, 15) is 0 Å². The zero-order valence-electron chi connectivity index (χ0n) is 8.89. The van der Waals surface area contributed by atoms with Crippen LogP contribution in [0.3, 0.4) is 0 Å². The molecular formula is C14H8ClN2. The van der Waals surface area contributed by atoms with Crippen molar-refractivity contribution in [3.8, 4) is 11.3 Å². The third kappa shape index (κ3) is 1.87. The van der Waals surface area contributed by atoms with E-state index in [1.54, 1.807) is 6.07 Å². The van der Waals surface area contributed by atoms with Crippen molar-refractivity contribution in [2.24, 2.45) is 0 Å². The van der Waals surface area contributed by atoms with Crippen LogP contribution in [0.2, 0.25) is 5.15 Å². The fourth-order valence-corrected chi connectivity index (χ4v) is 1.94. The lowest BCUT2D eigenvalue weighted by Gasteiger charge is -2.04. The van der Waals surface area contributed by atoms with E-state index in [1.807, 2.05) is 42.5 Å². The zero-order valence-corrected chi connectivity index (χ0v) is 9.65. The molecule has 81 valence electrons. The van der Waals surface area contributed by atoms with Crippen molar-refractivity contribution in [2.45, 2.75) is 0 Å². The summed E-state index contributed by atoms with van der Waals surface area (Å²) in [5.74, 6) is 0. The average Bonchev–Trinajstić information content (AvgIpc) is 2.39. The van der Waals surface area contributed by atoms with Gasteiger partial charge in [0.2, 0.25) is 0 Å². The van der Waals surface area contributed by atoms with Gasteiger partial charge in [-0.05, 0) is 18.2 Å². The normalized spacial score (nSPS) is 10.6. The molecule has 0 aliphatic rings. The topological polar surface area (TPSA) is 25.8 Å². The Hall–Kier alpha value is -1.93. The Kier molecular flexibility index (Phi) is 2.50. The molecule has 1 heterocycles. The number of rotatable bonds is 1.